The maximum atomic E-state index is 11.3. The van der Waals surface area contributed by atoms with E-state index >= 15 is 0 Å². The van der Waals surface area contributed by atoms with Gasteiger partial charge in [-0.05, 0) is 25.7 Å². The van der Waals surface area contributed by atoms with Crippen LogP contribution in [0.5, 0.6) is 0 Å². The van der Waals surface area contributed by atoms with E-state index in [4.69, 9.17) is 11.5 Å². The number of nitrogens with zero attached hydrogens (tertiary/aromatic N) is 3. The lowest BCUT2D eigenvalue weighted by Gasteiger charge is -2.26. The van der Waals surface area contributed by atoms with Crippen LogP contribution in [0.4, 0.5) is 11.6 Å². The molecule has 0 atom stereocenters. The third-order valence-electron chi connectivity index (χ3n) is 3.35. The predicted molar refractivity (Wildman–Crippen MR) is 79.4 cm³/mol. The molecule has 6 heteroatoms. The van der Waals surface area contributed by atoms with Gasteiger partial charge in [0, 0.05) is 18.0 Å². The summed E-state index contributed by atoms with van der Waals surface area (Å²) in [4.78, 5) is 22.2. The molecule has 1 aromatic rings. The molecule has 2 rings (SSSR count). The smallest absolute Gasteiger partial charge is 0.236 e. The highest BCUT2D eigenvalue weighted by molar-refractivity contribution is 5.79. The highest BCUT2D eigenvalue weighted by Crippen LogP contribution is 2.39. The molecule has 1 aromatic heterocycles. The number of amides is 1. The van der Waals surface area contributed by atoms with Crippen molar-refractivity contribution in [2.24, 2.45) is 11.7 Å². The molecule has 0 radical (unpaired) electrons. The molecule has 0 aliphatic heterocycles. The van der Waals surface area contributed by atoms with Crippen molar-refractivity contribution in [3.05, 3.63) is 11.4 Å². The molecule has 1 saturated carbocycles. The lowest BCUT2D eigenvalue weighted by molar-refractivity contribution is -0.116. The van der Waals surface area contributed by atoms with Crippen LogP contribution in [0.25, 0.3) is 0 Å². The summed E-state index contributed by atoms with van der Waals surface area (Å²) in [5.41, 5.74) is 12.2. The van der Waals surface area contributed by atoms with Gasteiger partial charge in [0.15, 0.2) is 0 Å². The summed E-state index contributed by atoms with van der Waals surface area (Å²) in [6, 6.07) is 0. The van der Waals surface area contributed by atoms with Crippen LogP contribution in [0.2, 0.25) is 0 Å². The zero-order valence-electron chi connectivity index (χ0n) is 12.4. The maximum Gasteiger partial charge on any atom is 0.236 e. The number of hydrogen-bond donors (Lipinski definition) is 2. The molecule has 0 saturated heterocycles. The number of rotatable bonds is 6. The van der Waals surface area contributed by atoms with E-state index in [0.717, 1.165) is 30.0 Å². The summed E-state index contributed by atoms with van der Waals surface area (Å²) in [5, 5.41) is 0. The van der Waals surface area contributed by atoms with Gasteiger partial charge in [0.05, 0.1) is 6.54 Å². The number of nitrogen functional groups attached to an aromatic ring is 1. The maximum absolute atomic E-state index is 11.3. The van der Waals surface area contributed by atoms with Crippen LogP contribution in [-0.2, 0) is 4.79 Å². The highest BCUT2D eigenvalue weighted by Gasteiger charge is 2.29. The monoisotopic (exact) mass is 277 g/mol. The molecule has 6 nitrogen and oxygen atoms in total. The average Bonchev–Trinajstić information content (AvgIpc) is 3.14. The topological polar surface area (TPSA) is 98.1 Å². The molecule has 1 heterocycles. The fourth-order valence-corrected chi connectivity index (χ4v) is 2.23. The highest BCUT2D eigenvalue weighted by atomic mass is 16.1. The van der Waals surface area contributed by atoms with E-state index in [-0.39, 0.29) is 12.5 Å². The van der Waals surface area contributed by atoms with Crippen molar-refractivity contribution in [2.45, 2.75) is 39.5 Å². The number of primary amides is 1. The van der Waals surface area contributed by atoms with Gasteiger partial charge in [-0.15, -0.1) is 0 Å². The first kappa shape index (κ1) is 14.6. The Morgan fingerprint density at radius 2 is 2.05 bits per heavy atom. The van der Waals surface area contributed by atoms with Gasteiger partial charge in [0.2, 0.25) is 5.91 Å². The van der Waals surface area contributed by atoms with Crippen molar-refractivity contribution < 1.29 is 4.79 Å². The van der Waals surface area contributed by atoms with Gasteiger partial charge >= 0.3 is 0 Å². The van der Waals surface area contributed by atoms with Crippen LogP contribution in [0, 0.1) is 12.8 Å². The minimum atomic E-state index is -0.366. The van der Waals surface area contributed by atoms with Crippen LogP contribution >= 0.6 is 0 Å². The first-order valence-electron chi connectivity index (χ1n) is 7.05. The number of hydrogen-bond acceptors (Lipinski definition) is 5. The Labute approximate surface area is 119 Å². The van der Waals surface area contributed by atoms with Crippen LogP contribution in [-0.4, -0.2) is 29.0 Å². The van der Waals surface area contributed by atoms with Crippen molar-refractivity contribution in [3.8, 4) is 0 Å². The van der Waals surface area contributed by atoms with Crippen molar-refractivity contribution in [1.29, 1.82) is 0 Å². The van der Waals surface area contributed by atoms with Gasteiger partial charge in [-0.2, -0.15) is 0 Å². The van der Waals surface area contributed by atoms with Crippen molar-refractivity contribution >= 4 is 17.5 Å². The summed E-state index contributed by atoms with van der Waals surface area (Å²) < 4.78 is 0. The van der Waals surface area contributed by atoms with Crippen LogP contribution in [0.15, 0.2) is 0 Å². The zero-order valence-corrected chi connectivity index (χ0v) is 12.4. The second kappa shape index (κ2) is 5.64. The summed E-state index contributed by atoms with van der Waals surface area (Å²) in [7, 11) is 0. The Morgan fingerprint density at radius 3 is 2.55 bits per heavy atom. The molecular formula is C14H23N5O. The quantitative estimate of drug-likeness (QED) is 0.814. The predicted octanol–water partition coefficient (Wildman–Crippen LogP) is 1.19. The minimum absolute atomic E-state index is 0.152. The first-order valence-corrected chi connectivity index (χ1v) is 7.05. The van der Waals surface area contributed by atoms with E-state index in [2.05, 4.69) is 23.8 Å². The number of aromatic nitrogens is 2. The van der Waals surface area contributed by atoms with E-state index in [1.54, 1.807) is 0 Å². The van der Waals surface area contributed by atoms with Gasteiger partial charge in [-0.1, -0.05) is 13.8 Å². The fraction of sp³-hybridized carbons (Fsp3) is 0.643. The largest absolute Gasteiger partial charge is 0.383 e. The lowest BCUT2D eigenvalue weighted by Crippen LogP contribution is -2.37. The molecule has 4 N–H and O–H groups in total. The van der Waals surface area contributed by atoms with Gasteiger partial charge < -0.3 is 16.4 Å². The first-order chi connectivity index (χ1) is 9.38. The number of anilines is 2. The van der Waals surface area contributed by atoms with Gasteiger partial charge in [0.25, 0.3) is 0 Å². The zero-order chi connectivity index (χ0) is 14.9. The number of nitrogens with two attached hydrogens (primary N) is 2. The van der Waals surface area contributed by atoms with Gasteiger partial charge in [-0.3, -0.25) is 4.79 Å². The van der Waals surface area contributed by atoms with Crippen LogP contribution in [0.3, 0.4) is 0 Å². The number of carbonyl (C=O) groups is 1. The summed E-state index contributed by atoms with van der Waals surface area (Å²) in [6.07, 6.45) is 2.23. The van der Waals surface area contributed by atoms with Crippen molar-refractivity contribution in [2.75, 3.05) is 23.7 Å². The summed E-state index contributed by atoms with van der Waals surface area (Å²) in [5.74, 6) is 2.49. The molecule has 1 fully saturated rings. The molecule has 0 bridgehead atoms. The van der Waals surface area contributed by atoms with E-state index in [1.165, 1.54) is 0 Å². The Bertz CT molecular complexity index is 511. The molecule has 0 aromatic carbocycles. The normalized spacial score (nSPS) is 14.6. The standard InChI is InChI=1S/C14H23N5O/c1-8(2)6-19(7-11(15)20)14-9(3)12(16)17-13(18-14)10-4-5-10/h8,10H,4-7H2,1-3H3,(H2,15,20)(H2,16,17,18). The van der Waals surface area contributed by atoms with E-state index in [0.29, 0.717) is 24.2 Å². The molecular weight excluding hydrogens is 254 g/mol. The second-order valence-electron chi connectivity index (χ2n) is 5.93. The Kier molecular flexibility index (Phi) is 4.11. The molecule has 110 valence electrons. The molecule has 0 spiro atoms. The molecule has 1 aliphatic carbocycles. The third-order valence-corrected chi connectivity index (χ3v) is 3.35. The van der Waals surface area contributed by atoms with Gasteiger partial charge in [-0.25, -0.2) is 9.97 Å². The van der Waals surface area contributed by atoms with Crippen LogP contribution in [0.1, 0.15) is 44.0 Å². The SMILES string of the molecule is Cc1c(N)nc(C2CC2)nc1N(CC(N)=O)CC(C)C. The fourth-order valence-electron chi connectivity index (χ4n) is 2.23. The van der Waals surface area contributed by atoms with Crippen molar-refractivity contribution in [1.82, 2.24) is 9.97 Å². The molecule has 20 heavy (non-hydrogen) atoms. The van der Waals surface area contributed by atoms with E-state index in [1.807, 2.05) is 11.8 Å². The van der Waals surface area contributed by atoms with E-state index < -0.39 is 0 Å². The Balaban J connectivity index is 2.36. The lowest BCUT2D eigenvalue weighted by atomic mass is 10.2. The average molecular weight is 277 g/mol. The molecule has 0 unspecified atom stereocenters. The van der Waals surface area contributed by atoms with Crippen molar-refractivity contribution in [3.63, 3.8) is 0 Å². The van der Waals surface area contributed by atoms with Crippen LogP contribution < -0.4 is 16.4 Å². The third kappa shape index (κ3) is 3.37. The Morgan fingerprint density at radius 1 is 1.40 bits per heavy atom. The number of carbonyl (C=O) groups excluding carboxylic acids is 1. The second-order valence-corrected chi connectivity index (χ2v) is 5.93. The Hall–Kier alpha value is -1.85. The molecule has 1 aliphatic rings. The molecule has 1 amide bonds. The summed E-state index contributed by atoms with van der Waals surface area (Å²) in [6.45, 7) is 6.94. The van der Waals surface area contributed by atoms with E-state index in [9.17, 15) is 4.79 Å². The van der Waals surface area contributed by atoms with Gasteiger partial charge in [0.1, 0.15) is 17.5 Å². The summed E-state index contributed by atoms with van der Waals surface area (Å²) >= 11 is 0. The minimum Gasteiger partial charge on any atom is -0.383 e.